The highest BCUT2D eigenvalue weighted by molar-refractivity contribution is 5.43. The van der Waals surface area contributed by atoms with Gasteiger partial charge in [0.25, 0.3) is 0 Å². The van der Waals surface area contributed by atoms with Gasteiger partial charge < -0.3 is 9.47 Å². The molecule has 0 aliphatic rings. The van der Waals surface area contributed by atoms with Crippen molar-refractivity contribution in [2.45, 2.75) is 13.5 Å². The third-order valence-electron chi connectivity index (χ3n) is 2.88. The molecule has 0 spiro atoms. The second kappa shape index (κ2) is 6.52. The van der Waals surface area contributed by atoms with Gasteiger partial charge in [-0.05, 0) is 26.0 Å². The maximum Gasteiger partial charge on any atom is 0.175 e. The summed E-state index contributed by atoms with van der Waals surface area (Å²) in [4.78, 5) is 0. The monoisotopic (exact) mass is 295 g/mol. The van der Waals surface area contributed by atoms with Crippen molar-refractivity contribution in [2.75, 3.05) is 6.61 Å². The zero-order valence-corrected chi connectivity index (χ0v) is 11.5. The maximum absolute atomic E-state index is 14.2. The van der Waals surface area contributed by atoms with Crippen LogP contribution in [0.5, 0.6) is 11.5 Å². The van der Waals surface area contributed by atoms with Crippen LogP contribution in [0.4, 0.5) is 13.2 Å². The minimum atomic E-state index is -1.31. The number of hydrogen-bond donors (Lipinski definition) is 0. The van der Waals surface area contributed by atoms with Gasteiger partial charge in [0.05, 0.1) is 12.2 Å². The molecule has 0 heterocycles. The van der Waals surface area contributed by atoms with Crippen LogP contribution in [-0.4, -0.2) is 6.61 Å². The molecule has 0 N–H and O–H groups in total. The minimum absolute atomic E-state index is 0.115. The molecule has 2 aromatic rings. The van der Waals surface area contributed by atoms with Gasteiger partial charge in [-0.15, -0.1) is 0 Å². The van der Waals surface area contributed by atoms with Crippen LogP contribution in [0.2, 0.25) is 0 Å². The SMILES string of the molecule is [CH2]c1c(F)c(F)c(COc2ccccc2)c(F)c1OCC. The van der Waals surface area contributed by atoms with Crippen molar-refractivity contribution in [1.82, 2.24) is 0 Å². The van der Waals surface area contributed by atoms with Crippen LogP contribution in [0.25, 0.3) is 0 Å². The summed E-state index contributed by atoms with van der Waals surface area (Å²) in [5, 5.41) is 0. The average Bonchev–Trinajstić information content (AvgIpc) is 2.50. The molecular weight excluding hydrogens is 281 g/mol. The molecule has 0 saturated carbocycles. The summed E-state index contributed by atoms with van der Waals surface area (Å²) in [6.45, 7) is 4.58. The molecule has 0 aliphatic carbocycles. The highest BCUT2D eigenvalue weighted by atomic mass is 19.2. The van der Waals surface area contributed by atoms with Crippen molar-refractivity contribution in [3.8, 4) is 11.5 Å². The maximum atomic E-state index is 14.2. The van der Waals surface area contributed by atoms with E-state index in [9.17, 15) is 13.2 Å². The van der Waals surface area contributed by atoms with E-state index >= 15 is 0 Å². The molecule has 5 heteroatoms. The minimum Gasteiger partial charge on any atom is -0.490 e. The van der Waals surface area contributed by atoms with Crippen LogP contribution < -0.4 is 9.47 Å². The molecule has 0 aromatic heterocycles. The van der Waals surface area contributed by atoms with E-state index in [-0.39, 0.29) is 12.4 Å². The predicted molar refractivity (Wildman–Crippen MR) is 72.7 cm³/mol. The van der Waals surface area contributed by atoms with E-state index in [0.29, 0.717) is 5.75 Å². The second-order valence-electron chi connectivity index (χ2n) is 4.26. The fraction of sp³-hybridized carbons (Fsp3) is 0.188. The first-order valence-electron chi connectivity index (χ1n) is 6.38. The van der Waals surface area contributed by atoms with E-state index in [4.69, 9.17) is 9.47 Å². The molecule has 0 unspecified atom stereocenters. The molecule has 2 aromatic carbocycles. The Balaban J connectivity index is 2.34. The Bertz CT molecular complexity index is 627. The van der Waals surface area contributed by atoms with Crippen molar-refractivity contribution >= 4 is 0 Å². The number of benzene rings is 2. The normalized spacial score (nSPS) is 10.5. The zero-order chi connectivity index (χ0) is 15.4. The molecule has 0 fully saturated rings. The molecule has 111 valence electrons. The number of rotatable bonds is 5. The van der Waals surface area contributed by atoms with Crippen molar-refractivity contribution in [3.63, 3.8) is 0 Å². The summed E-state index contributed by atoms with van der Waals surface area (Å²) >= 11 is 0. The summed E-state index contributed by atoms with van der Waals surface area (Å²) in [6.07, 6.45) is 0. The number of ether oxygens (including phenoxy) is 2. The summed E-state index contributed by atoms with van der Waals surface area (Å²) < 4.78 is 52.1. The summed E-state index contributed by atoms with van der Waals surface area (Å²) in [5.74, 6) is -3.49. The third kappa shape index (κ3) is 3.12. The number of halogens is 3. The molecule has 0 atom stereocenters. The van der Waals surface area contributed by atoms with E-state index in [1.54, 1.807) is 37.3 Å². The van der Waals surface area contributed by atoms with E-state index in [0.717, 1.165) is 0 Å². The van der Waals surface area contributed by atoms with Gasteiger partial charge >= 0.3 is 0 Å². The zero-order valence-electron chi connectivity index (χ0n) is 11.5. The largest absolute Gasteiger partial charge is 0.490 e. The lowest BCUT2D eigenvalue weighted by atomic mass is 10.1. The van der Waals surface area contributed by atoms with Gasteiger partial charge in [-0.25, -0.2) is 13.2 Å². The molecule has 0 bridgehead atoms. The Morgan fingerprint density at radius 1 is 0.952 bits per heavy atom. The van der Waals surface area contributed by atoms with Gasteiger partial charge in [-0.2, -0.15) is 0 Å². The van der Waals surface area contributed by atoms with Gasteiger partial charge in [0.1, 0.15) is 12.4 Å². The second-order valence-corrected chi connectivity index (χ2v) is 4.26. The lowest BCUT2D eigenvalue weighted by molar-refractivity contribution is 0.275. The average molecular weight is 295 g/mol. The van der Waals surface area contributed by atoms with Crippen molar-refractivity contribution in [2.24, 2.45) is 0 Å². The van der Waals surface area contributed by atoms with Crippen LogP contribution in [0.15, 0.2) is 30.3 Å². The highest BCUT2D eigenvalue weighted by Gasteiger charge is 2.24. The van der Waals surface area contributed by atoms with Crippen LogP contribution in [0.3, 0.4) is 0 Å². The quantitative estimate of drug-likeness (QED) is 0.767. The van der Waals surface area contributed by atoms with Crippen LogP contribution in [-0.2, 0) is 6.61 Å². The Morgan fingerprint density at radius 2 is 1.62 bits per heavy atom. The predicted octanol–water partition coefficient (Wildman–Crippen LogP) is 4.26. The van der Waals surface area contributed by atoms with Crippen molar-refractivity contribution < 1.29 is 22.6 Å². The van der Waals surface area contributed by atoms with Gasteiger partial charge in [0.15, 0.2) is 23.2 Å². The topological polar surface area (TPSA) is 18.5 Å². The van der Waals surface area contributed by atoms with Crippen LogP contribution in [0, 0.1) is 24.4 Å². The summed E-state index contributed by atoms with van der Waals surface area (Å²) in [7, 11) is 0. The molecule has 0 saturated heterocycles. The Morgan fingerprint density at radius 3 is 2.24 bits per heavy atom. The standard InChI is InChI=1S/C16H14F3O2/c1-3-20-16-10(2)13(17)14(18)12(15(16)19)9-21-11-7-5-4-6-8-11/h4-8H,2-3,9H2,1H3. The third-order valence-corrected chi connectivity index (χ3v) is 2.88. The first-order chi connectivity index (χ1) is 10.1. The molecule has 0 aliphatic heterocycles. The first kappa shape index (κ1) is 15.2. The van der Waals surface area contributed by atoms with Crippen LogP contribution in [0.1, 0.15) is 18.1 Å². The van der Waals surface area contributed by atoms with Gasteiger partial charge in [0.2, 0.25) is 0 Å². The van der Waals surface area contributed by atoms with E-state index in [1.807, 2.05) is 0 Å². The Hall–Kier alpha value is -2.17. The highest BCUT2D eigenvalue weighted by Crippen LogP contribution is 2.31. The van der Waals surface area contributed by atoms with Crippen molar-refractivity contribution in [1.29, 1.82) is 0 Å². The Kier molecular flexibility index (Phi) is 4.73. The van der Waals surface area contributed by atoms with E-state index < -0.39 is 35.2 Å². The van der Waals surface area contributed by atoms with Gasteiger partial charge in [-0.3, -0.25) is 0 Å². The van der Waals surface area contributed by atoms with E-state index in [2.05, 4.69) is 6.92 Å². The summed E-state index contributed by atoms with van der Waals surface area (Å²) in [6, 6.07) is 8.47. The number of hydrogen-bond acceptors (Lipinski definition) is 2. The molecular formula is C16H14F3O2. The molecule has 2 rings (SSSR count). The lowest BCUT2D eigenvalue weighted by Crippen LogP contribution is -2.09. The molecule has 0 amide bonds. The Labute approximate surface area is 121 Å². The summed E-state index contributed by atoms with van der Waals surface area (Å²) in [5.41, 5.74) is -0.956. The molecule has 2 nitrogen and oxygen atoms in total. The lowest BCUT2D eigenvalue weighted by Gasteiger charge is -2.14. The van der Waals surface area contributed by atoms with Crippen LogP contribution >= 0.6 is 0 Å². The molecule has 21 heavy (non-hydrogen) atoms. The van der Waals surface area contributed by atoms with Crippen molar-refractivity contribution in [3.05, 3.63) is 65.8 Å². The number of para-hydroxylation sites is 1. The molecule has 1 radical (unpaired) electrons. The fourth-order valence-electron chi connectivity index (χ4n) is 1.82. The van der Waals surface area contributed by atoms with Gasteiger partial charge in [0, 0.05) is 5.56 Å². The first-order valence-corrected chi connectivity index (χ1v) is 6.38. The van der Waals surface area contributed by atoms with Gasteiger partial charge in [-0.1, -0.05) is 18.2 Å². The van der Waals surface area contributed by atoms with E-state index in [1.165, 1.54) is 0 Å². The fourth-order valence-corrected chi connectivity index (χ4v) is 1.82. The smallest absolute Gasteiger partial charge is 0.175 e.